The summed E-state index contributed by atoms with van der Waals surface area (Å²) in [5.41, 5.74) is 3.89. The smallest absolute Gasteiger partial charge is 0.246 e. The van der Waals surface area contributed by atoms with Crippen LogP contribution in [0.5, 0.6) is 11.5 Å². The molecule has 1 amide bonds. The van der Waals surface area contributed by atoms with Crippen LogP contribution in [0.2, 0.25) is 0 Å². The monoisotopic (exact) mass is 550 g/mol. The van der Waals surface area contributed by atoms with Crippen molar-refractivity contribution < 1.29 is 19.7 Å². The second-order valence-corrected chi connectivity index (χ2v) is 12.4. The first-order valence-corrected chi connectivity index (χ1v) is 14.9. The highest BCUT2D eigenvalue weighted by atomic mass is 16.5. The van der Waals surface area contributed by atoms with Gasteiger partial charge in [0.25, 0.3) is 0 Å². The summed E-state index contributed by atoms with van der Waals surface area (Å²) in [6, 6.07) is 22.1. The molecule has 2 N–H and O–H groups in total. The van der Waals surface area contributed by atoms with Gasteiger partial charge in [-0.2, -0.15) is 0 Å². The number of rotatable bonds is 6. The van der Waals surface area contributed by atoms with E-state index in [1.807, 2.05) is 50.4 Å². The average molecular weight is 551 g/mol. The Morgan fingerprint density at radius 3 is 2.76 bits per heavy atom. The van der Waals surface area contributed by atoms with Crippen molar-refractivity contribution in [3.8, 4) is 11.5 Å². The van der Waals surface area contributed by atoms with Crippen molar-refractivity contribution >= 4 is 12.0 Å². The van der Waals surface area contributed by atoms with Gasteiger partial charge in [0.15, 0.2) is 11.5 Å². The largest absolute Gasteiger partial charge is 0.504 e. The molecule has 0 aromatic heterocycles. The van der Waals surface area contributed by atoms with Crippen LogP contribution in [0.3, 0.4) is 0 Å². The van der Waals surface area contributed by atoms with Crippen LogP contribution in [0.1, 0.15) is 47.1 Å². The number of nitrogens with zero attached hydrogens (tertiary/aromatic N) is 2. The maximum Gasteiger partial charge on any atom is 0.246 e. The second kappa shape index (κ2) is 9.74. The molecule has 3 aromatic rings. The lowest BCUT2D eigenvalue weighted by molar-refractivity contribution is -0.199. The maximum absolute atomic E-state index is 13.5. The van der Waals surface area contributed by atoms with Gasteiger partial charge in [-0.3, -0.25) is 9.69 Å². The Bertz CT molecular complexity index is 1520. The van der Waals surface area contributed by atoms with Crippen molar-refractivity contribution in [1.29, 1.82) is 0 Å². The third-order valence-electron chi connectivity index (χ3n) is 10.4. The van der Waals surface area contributed by atoms with Crippen LogP contribution in [-0.4, -0.2) is 69.8 Å². The lowest BCUT2D eigenvalue weighted by atomic mass is 9.48. The van der Waals surface area contributed by atoms with Crippen molar-refractivity contribution in [2.24, 2.45) is 0 Å². The molecule has 212 valence electrons. The summed E-state index contributed by atoms with van der Waals surface area (Å²) < 4.78 is 6.66. The van der Waals surface area contributed by atoms with Gasteiger partial charge in [-0.05, 0) is 74.4 Å². The number of likely N-dealkylation sites (N-methyl/N-ethyl adjacent to an activating group) is 1. The van der Waals surface area contributed by atoms with Crippen LogP contribution >= 0.6 is 0 Å². The Kier molecular flexibility index (Phi) is 6.25. The number of amides is 1. The summed E-state index contributed by atoms with van der Waals surface area (Å²) in [7, 11) is 1.84. The molecule has 0 radical (unpaired) electrons. The first-order valence-electron chi connectivity index (χ1n) is 14.9. The predicted octanol–water partition coefficient (Wildman–Crippen LogP) is 4.64. The number of hydrogen-bond acceptors (Lipinski definition) is 5. The van der Waals surface area contributed by atoms with Crippen molar-refractivity contribution in [2.45, 2.75) is 68.2 Å². The predicted molar refractivity (Wildman–Crippen MR) is 159 cm³/mol. The van der Waals surface area contributed by atoms with E-state index in [9.17, 15) is 15.0 Å². The third kappa shape index (κ3) is 3.95. The zero-order chi connectivity index (χ0) is 28.4. The van der Waals surface area contributed by atoms with Gasteiger partial charge in [0.05, 0.1) is 17.1 Å². The van der Waals surface area contributed by atoms with Gasteiger partial charge in [-0.25, -0.2) is 0 Å². The van der Waals surface area contributed by atoms with Gasteiger partial charge in [0, 0.05) is 31.3 Å². The van der Waals surface area contributed by atoms with Crippen molar-refractivity contribution in [2.75, 3.05) is 20.1 Å². The fourth-order valence-electron chi connectivity index (χ4n) is 8.41. The molecule has 41 heavy (non-hydrogen) atoms. The zero-order valence-electron chi connectivity index (χ0n) is 23.8. The highest BCUT2D eigenvalue weighted by Gasteiger charge is 2.73. The number of carbonyl (C=O) groups excluding carboxylic acids is 1. The lowest BCUT2D eigenvalue weighted by Gasteiger charge is -2.64. The number of carbonyl (C=O) groups is 1. The van der Waals surface area contributed by atoms with E-state index in [0.29, 0.717) is 18.6 Å². The Labute approximate surface area is 241 Å². The minimum absolute atomic E-state index is 0.0442. The number of aromatic hydroxyl groups is 1. The molecule has 2 fully saturated rings. The summed E-state index contributed by atoms with van der Waals surface area (Å²) in [4.78, 5) is 17.7. The number of phenols is 1. The van der Waals surface area contributed by atoms with Crippen LogP contribution < -0.4 is 4.74 Å². The van der Waals surface area contributed by atoms with E-state index in [0.717, 1.165) is 54.6 Å². The van der Waals surface area contributed by atoms with E-state index in [-0.39, 0.29) is 23.7 Å². The van der Waals surface area contributed by atoms with E-state index in [1.54, 1.807) is 17.0 Å². The van der Waals surface area contributed by atoms with Crippen LogP contribution in [-0.2, 0) is 23.1 Å². The molecule has 1 spiro atoms. The molecule has 2 heterocycles. The molecule has 2 bridgehead atoms. The first-order chi connectivity index (χ1) is 19.8. The van der Waals surface area contributed by atoms with Gasteiger partial charge < -0.3 is 19.8 Å². The molecule has 6 nitrogen and oxygen atoms in total. The first kappa shape index (κ1) is 26.3. The SMILES string of the molecule is Cc1cccc(C=CC(=O)N(C)[C@H]2CC[C@@]3(O)[C@H]4Cc5ccc(O)c6c5[C@@]3(CCN4CCc3ccccc3)[C@H]2O6)c1. The molecule has 5 atom stereocenters. The topological polar surface area (TPSA) is 73.2 Å². The average Bonchev–Trinajstić information content (AvgIpc) is 3.33. The Hall–Kier alpha value is -3.61. The molecule has 1 saturated heterocycles. The molecule has 1 saturated carbocycles. The number of piperidine rings is 1. The molecular weight excluding hydrogens is 512 g/mol. The molecule has 4 aliphatic rings. The standard InChI is InChI=1S/C35H38N2O4/c1-23-7-6-10-25(21-23)11-14-30(39)36(2)27-15-17-35(40)29-22-26-12-13-28(38)32-31(26)34(35,33(27)41-32)18-20-37(29)19-16-24-8-4-3-5-9-24/h3-14,21,27,29,33,38,40H,15-20,22H2,1-2H3/t27-,29+,33-,34-,35+/m0/s1. The lowest BCUT2D eigenvalue weighted by Crippen LogP contribution is -2.78. The number of ether oxygens (including phenoxy) is 1. The van der Waals surface area contributed by atoms with Gasteiger partial charge in [-0.1, -0.05) is 66.2 Å². The molecule has 6 heteroatoms. The fraction of sp³-hybridized carbons (Fsp3) is 0.400. The Morgan fingerprint density at radius 2 is 1.95 bits per heavy atom. The van der Waals surface area contributed by atoms with Crippen molar-refractivity contribution in [3.63, 3.8) is 0 Å². The third-order valence-corrected chi connectivity index (χ3v) is 10.4. The number of aryl methyl sites for hydroxylation is 1. The number of hydrogen-bond donors (Lipinski definition) is 2. The van der Waals surface area contributed by atoms with Crippen LogP contribution in [0.25, 0.3) is 6.08 Å². The van der Waals surface area contributed by atoms with Gasteiger partial charge in [-0.15, -0.1) is 0 Å². The van der Waals surface area contributed by atoms with E-state index in [2.05, 4.69) is 35.2 Å². The Balaban J connectivity index is 1.21. The molecule has 7 rings (SSSR count). The highest BCUT2D eigenvalue weighted by Crippen LogP contribution is 2.65. The quantitative estimate of drug-likeness (QED) is 0.438. The van der Waals surface area contributed by atoms with Gasteiger partial charge in [0.1, 0.15) is 6.10 Å². The van der Waals surface area contributed by atoms with E-state index in [1.165, 1.54) is 5.56 Å². The molecule has 2 aliphatic carbocycles. The number of likely N-dealkylation sites (tertiary alicyclic amines) is 1. The van der Waals surface area contributed by atoms with E-state index >= 15 is 0 Å². The number of benzene rings is 3. The van der Waals surface area contributed by atoms with E-state index in [4.69, 9.17) is 4.74 Å². The Morgan fingerprint density at radius 1 is 1.12 bits per heavy atom. The summed E-state index contributed by atoms with van der Waals surface area (Å²) in [6.45, 7) is 3.76. The minimum atomic E-state index is -1.00. The van der Waals surface area contributed by atoms with Crippen LogP contribution in [0.15, 0.2) is 72.8 Å². The highest BCUT2D eigenvalue weighted by molar-refractivity contribution is 5.92. The van der Waals surface area contributed by atoms with Crippen molar-refractivity contribution in [1.82, 2.24) is 9.80 Å². The fourth-order valence-corrected chi connectivity index (χ4v) is 8.41. The number of phenolic OH excluding ortho intramolecular Hbond substituents is 1. The second-order valence-electron chi connectivity index (χ2n) is 12.4. The minimum Gasteiger partial charge on any atom is -0.504 e. The van der Waals surface area contributed by atoms with Crippen LogP contribution in [0, 0.1) is 6.92 Å². The normalized spacial score (nSPS) is 29.7. The molecule has 3 aromatic carbocycles. The van der Waals surface area contributed by atoms with Crippen molar-refractivity contribution in [3.05, 3.63) is 101 Å². The summed E-state index contributed by atoms with van der Waals surface area (Å²) >= 11 is 0. The summed E-state index contributed by atoms with van der Waals surface area (Å²) in [5.74, 6) is 0.534. The van der Waals surface area contributed by atoms with E-state index < -0.39 is 17.1 Å². The van der Waals surface area contributed by atoms with Gasteiger partial charge in [0.2, 0.25) is 5.91 Å². The zero-order valence-corrected chi connectivity index (χ0v) is 23.8. The number of aliphatic hydroxyl groups is 1. The van der Waals surface area contributed by atoms with Crippen LogP contribution in [0.4, 0.5) is 0 Å². The molecule has 0 unspecified atom stereocenters. The molecular formula is C35H38N2O4. The van der Waals surface area contributed by atoms with Gasteiger partial charge >= 0.3 is 0 Å². The molecule has 2 aliphatic heterocycles. The summed E-state index contributed by atoms with van der Waals surface area (Å²) in [5, 5.41) is 23.7. The maximum atomic E-state index is 13.5. The summed E-state index contributed by atoms with van der Waals surface area (Å²) in [6.07, 6.45) is 6.66.